The van der Waals surface area contributed by atoms with Crippen LogP contribution < -0.4 is 0 Å². The van der Waals surface area contributed by atoms with Gasteiger partial charge in [0.15, 0.2) is 0 Å². The molecule has 2 heteroatoms. The fourth-order valence-electron chi connectivity index (χ4n) is 1.14. The van der Waals surface area contributed by atoms with Crippen molar-refractivity contribution in [2.75, 3.05) is 0 Å². The SMILES string of the molecule is CC(C)(C)c1ccc(Br)c(CCl)c1. The number of halogens is 2. The Balaban J connectivity index is 3.14. The number of hydrogen-bond donors (Lipinski definition) is 0. The predicted molar refractivity (Wildman–Crippen MR) is 62.4 cm³/mol. The van der Waals surface area contributed by atoms with Gasteiger partial charge in [-0.15, -0.1) is 11.6 Å². The molecule has 0 heterocycles. The van der Waals surface area contributed by atoms with Gasteiger partial charge in [0.2, 0.25) is 0 Å². The van der Waals surface area contributed by atoms with E-state index in [-0.39, 0.29) is 5.41 Å². The molecule has 0 fully saturated rings. The number of hydrogen-bond acceptors (Lipinski definition) is 0. The van der Waals surface area contributed by atoms with Crippen molar-refractivity contribution in [3.63, 3.8) is 0 Å². The lowest BCUT2D eigenvalue weighted by atomic mass is 9.86. The van der Waals surface area contributed by atoms with E-state index in [0.29, 0.717) is 5.88 Å². The van der Waals surface area contributed by atoms with Crippen LogP contribution in [0.15, 0.2) is 22.7 Å². The molecule has 0 aliphatic rings. The van der Waals surface area contributed by atoms with Gasteiger partial charge in [-0.25, -0.2) is 0 Å². The van der Waals surface area contributed by atoms with Crippen molar-refractivity contribution in [2.45, 2.75) is 32.1 Å². The lowest BCUT2D eigenvalue weighted by Gasteiger charge is -2.20. The maximum Gasteiger partial charge on any atom is 0.0485 e. The molecule has 0 saturated carbocycles. The van der Waals surface area contributed by atoms with E-state index in [2.05, 4.69) is 54.9 Å². The van der Waals surface area contributed by atoms with Gasteiger partial charge in [-0.2, -0.15) is 0 Å². The highest BCUT2D eigenvalue weighted by Crippen LogP contribution is 2.27. The second-order valence-corrected chi connectivity index (χ2v) is 5.31. The number of benzene rings is 1. The molecule has 13 heavy (non-hydrogen) atoms. The zero-order valence-corrected chi connectivity index (χ0v) is 10.5. The summed E-state index contributed by atoms with van der Waals surface area (Å²) >= 11 is 9.30. The minimum absolute atomic E-state index is 0.196. The van der Waals surface area contributed by atoms with Gasteiger partial charge in [0.25, 0.3) is 0 Å². The van der Waals surface area contributed by atoms with Gasteiger partial charge in [-0.3, -0.25) is 0 Å². The first-order valence-corrected chi connectivity index (χ1v) is 5.63. The van der Waals surface area contributed by atoms with E-state index in [9.17, 15) is 0 Å². The molecule has 0 amide bonds. The lowest BCUT2D eigenvalue weighted by Crippen LogP contribution is -2.11. The summed E-state index contributed by atoms with van der Waals surface area (Å²) in [5.74, 6) is 0.560. The smallest absolute Gasteiger partial charge is 0.0485 e. The van der Waals surface area contributed by atoms with Crippen molar-refractivity contribution in [1.82, 2.24) is 0 Å². The van der Waals surface area contributed by atoms with E-state index in [1.54, 1.807) is 0 Å². The van der Waals surface area contributed by atoms with E-state index in [1.165, 1.54) is 5.56 Å². The topological polar surface area (TPSA) is 0 Å². The van der Waals surface area contributed by atoms with Crippen molar-refractivity contribution < 1.29 is 0 Å². The molecule has 0 radical (unpaired) electrons. The summed E-state index contributed by atoms with van der Waals surface area (Å²) in [4.78, 5) is 0. The second-order valence-electron chi connectivity index (χ2n) is 4.19. The highest BCUT2D eigenvalue weighted by Gasteiger charge is 2.14. The standard InChI is InChI=1S/C11H14BrCl/c1-11(2,3)9-4-5-10(12)8(6-9)7-13/h4-6H,7H2,1-3H3. The predicted octanol–water partition coefficient (Wildman–Crippen LogP) is 4.49. The molecule has 0 nitrogen and oxygen atoms in total. The van der Waals surface area contributed by atoms with Crippen molar-refractivity contribution in [1.29, 1.82) is 0 Å². The highest BCUT2D eigenvalue weighted by atomic mass is 79.9. The van der Waals surface area contributed by atoms with Gasteiger partial charge < -0.3 is 0 Å². The summed E-state index contributed by atoms with van der Waals surface area (Å²) in [5.41, 5.74) is 2.68. The third-order valence-electron chi connectivity index (χ3n) is 2.06. The zero-order valence-electron chi connectivity index (χ0n) is 8.20. The van der Waals surface area contributed by atoms with Gasteiger partial charge in [0, 0.05) is 10.4 Å². The van der Waals surface area contributed by atoms with Gasteiger partial charge in [-0.05, 0) is 22.6 Å². The van der Waals surface area contributed by atoms with Crippen molar-refractivity contribution in [3.05, 3.63) is 33.8 Å². The van der Waals surface area contributed by atoms with E-state index in [1.807, 2.05) is 0 Å². The van der Waals surface area contributed by atoms with Crippen molar-refractivity contribution in [3.8, 4) is 0 Å². The number of rotatable bonds is 1. The quantitative estimate of drug-likeness (QED) is 0.654. The summed E-state index contributed by atoms with van der Waals surface area (Å²) in [5, 5.41) is 0. The first-order chi connectivity index (χ1) is 5.95. The lowest BCUT2D eigenvalue weighted by molar-refractivity contribution is 0.589. The molecular formula is C11H14BrCl. The third kappa shape index (κ3) is 2.72. The van der Waals surface area contributed by atoms with Crippen molar-refractivity contribution >= 4 is 27.5 Å². The van der Waals surface area contributed by atoms with Gasteiger partial charge >= 0.3 is 0 Å². The van der Waals surface area contributed by atoms with Crippen LogP contribution in [0.1, 0.15) is 31.9 Å². The average molecular weight is 262 g/mol. The Morgan fingerprint density at radius 2 is 1.92 bits per heavy atom. The van der Waals surface area contributed by atoms with Crippen LogP contribution in [-0.2, 0) is 11.3 Å². The van der Waals surface area contributed by atoms with Crippen LogP contribution in [0.25, 0.3) is 0 Å². The molecule has 1 rings (SSSR count). The first-order valence-electron chi connectivity index (χ1n) is 4.30. The summed E-state index contributed by atoms with van der Waals surface area (Å²) in [6.45, 7) is 6.61. The Kier molecular flexibility index (Phi) is 3.42. The second kappa shape index (κ2) is 4.02. The zero-order chi connectivity index (χ0) is 10.1. The molecule has 0 atom stereocenters. The molecule has 0 N–H and O–H groups in total. The van der Waals surface area contributed by atoms with E-state index < -0.39 is 0 Å². The fourth-order valence-corrected chi connectivity index (χ4v) is 1.91. The van der Waals surface area contributed by atoms with Gasteiger partial charge in [0.05, 0.1) is 0 Å². The van der Waals surface area contributed by atoms with Crippen LogP contribution in [0.2, 0.25) is 0 Å². The Labute approximate surface area is 93.4 Å². The summed E-state index contributed by atoms with van der Waals surface area (Å²) in [7, 11) is 0. The largest absolute Gasteiger partial charge is 0.122 e. The summed E-state index contributed by atoms with van der Waals surface area (Å²) in [6, 6.07) is 6.37. The molecule has 0 aromatic heterocycles. The molecule has 0 unspecified atom stereocenters. The minimum atomic E-state index is 0.196. The average Bonchev–Trinajstić information content (AvgIpc) is 2.03. The fraction of sp³-hybridized carbons (Fsp3) is 0.455. The summed E-state index contributed by atoms with van der Waals surface area (Å²) < 4.78 is 1.09. The maximum atomic E-state index is 5.82. The molecular weight excluding hydrogens is 247 g/mol. The Morgan fingerprint density at radius 3 is 2.38 bits per heavy atom. The maximum absolute atomic E-state index is 5.82. The van der Waals surface area contributed by atoms with Gasteiger partial charge in [0.1, 0.15) is 0 Å². The Hall–Kier alpha value is -0.0100. The molecule has 0 spiro atoms. The van der Waals surface area contributed by atoms with Crippen molar-refractivity contribution in [2.24, 2.45) is 0 Å². The summed E-state index contributed by atoms with van der Waals surface area (Å²) in [6.07, 6.45) is 0. The Morgan fingerprint density at radius 1 is 1.31 bits per heavy atom. The Bertz CT molecular complexity index is 299. The molecule has 0 aliphatic carbocycles. The molecule has 72 valence electrons. The van der Waals surface area contributed by atoms with E-state index >= 15 is 0 Å². The van der Waals surface area contributed by atoms with Gasteiger partial charge in [-0.1, -0.05) is 48.8 Å². The van der Waals surface area contributed by atoms with Crippen LogP contribution in [0.4, 0.5) is 0 Å². The highest BCUT2D eigenvalue weighted by molar-refractivity contribution is 9.10. The minimum Gasteiger partial charge on any atom is -0.122 e. The monoisotopic (exact) mass is 260 g/mol. The van der Waals surface area contributed by atoms with Crippen LogP contribution in [0.3, 0.4) is 0 Å². The van der Waals surface area contributed by atoms with Crippen LogP contribution in [-0.4, -0.2) is 0 Å². The molecule has 1 aromatic carbocycles. The number of alkyl halides is 1. The van der Waals surface area contributed by atoms with Crippen LogP contribution >= 0.6 is 27.5 Å². The van der Waals surface area contributed by atoms with E-state index in [4.69, 9.17) is 11.6 Å². The normalized spacial score (nSPS) is 11.8. The molecule has 0 saturated heterocycles. The third-order valence-corrected chi connectivity index (χ3v) is 3.12. The van der Waals surface area contributed by atoms with Crippen LogP contribution in [0, 0.1) is 0 Å². The van der Waals surface area contributed by atoms with E-state index in [0.717, 1.165) is 10.0 Å². The molecule has 0 aliphatic heterocycles. The van der Waals surface area contributed by atoms with Crippen LogP contribution in [0.5, 0.6) is 0 Å². The first kappa shape index (κ1) is 11.1. The molecule has 0 bridgehead atoms. The molecule has 1 aromatic rings.